The Morgan fingerprint density at radius 1 is 1.73 bits per heavy atom. The lowest BCUT2D eigenvalue weighted by Crippen LogP contribution is -2.31. The number of nitrogens with two attached hydrogens (primary N) is 1. The third-order valence-electron chi connectivity index (χ3n) is 1.84. The molecule has 0 amide bonds. The van der Waals surface area contributed by atoms with Gasteiger partial charge in [0.25, 0.3) is 0 Å². The molecule has 1 unspecified atom stereocenters. The molecule has 0 saturated carbocycles. The molecule has 0 fully saturated rings. The summed E-state index contributed by atoms with van der Waals surface area (Å²) in [5.74, 6) is 0. The second kappa shape index (κ2) is 3.01. The van der Waals surface area contributed by atoms with Crippen molar-refractivity contribution in [2.75, 3.05) is 0 Å². The Morgan fingerprint density at radius 3 is 2.91 bits per heavy atom. The molecular weight excluding hydrogens is 136 g/mol. The van der Waals surface area contributed by atoms with Crippen molar-refractivity contribution in [3.05, 3.63) is 37.0 Å². The lowest BCUT2D eigenvalue weighted by molar-refractivity contribution is 0.498. The number of hydrogen-bond acceptors (Lipinski definition) is 2. The molecule has 1 aromatic heterocycles. The monoisotopic (exact) mass is 149 g/mol. The maximum Gasteiger partial charge on any atom is 0.0396 e. The molecule has 1 heterocycles. The highest BCUT2D eigenvalue weighted by atomic mass is 14.7. The summed E-state index contributed by atoms with van der Waals surface area (Å²) in [5.41, 5.74) is 6.63. The van der Waals surface area contributed by atoms with Crippen molar-refractivity contribution in [1.82, 2.24) is 4.98 Å². The third kappa shape index (κ3) is 1.77. The molecule has 0 aliphatic rings. The van der Waals surface area contributed by atoms with Gasteiger partial charge in [0.1, 0.15) is 0 Å². The molecule has 0 bridgehead atoms. The van der Waals surface area contributed by atoms with Gasteiger partial charge in [-0.1, -0.05) is 13.0 Å². The van der Waals surface area contributed by atoms with Crippen molar-refractivity contribution in [3.8, 4) is 0 Å². The first-order valence-corrected chi connectivity index (χ1v) is 3.65. The normalized spacial score (nSPS) is 15.9. The number of aromatic nitrogens is 1. The topological polar surface area (TPSA) is 38.9 Å². The van der Waals surface area contributed by atoms with Gasteiger partial charge < -0.3 is 5.73 Å². The highest BCUT2D eigenvalue weighted by molar-refractivity contribution is 5.18. The zero-order valence-corrected chi connectivity index (χ0v) is 6.75. The quantitative estimate of drug-likeness (QED) is 0.691. The Bertz CT molecular complexity index is 216. The van der Waals surface area contributed by atoms with Crippen LogP contribution in [0.1, 0.15) is 18.9 Å². The van der Waals surface area contributed by atoms with Crippen LogP contribution in [0.25, 0.3) is 0 Å². The fourth-order valence-corrected chi connectivity index (χ4v) is 0.845. The molecule has 2 nitrogen and oxygen atoms in total. The first-order chi connectivity index (χ1) is 5.17. The van der Waals surface area contributed by atoms with Crippen molar-refractivity contribution in [2.24, 2.45) is 5.73 Å². The average Bonchev–Trinajstić information content (AvgIpc) is 2.06. The molecule has 11 heavy (non-hydrogen) atoms. The highest BCUT2D eigenvalue weighted by Gasteiger charge is 2.17. The average molecular weight is 149 g/mol. The Balaban J connectivity index is 2.93. The van der Waals surface area contributed by atoms with Crippen molar-refractivity contribution < 1.29 is 0 Å². The van der Waals surface area contributed by atoms with Crippen LogP contribution in [0, 0.1) is 6.92 Å². The van der Waals surface area contributed by atoms with Gasteiger partial charge in [-0.2, -0.15) is 0 Å². The molecule has 0 saturated heterocycles. The maximum absolute atomic E-state index is 5.93. The van der Waals surface area contributed by atoms with Crippen LogP contribution in [0.15, 0.2) is 24.5 Å². The van der Waals surface area contributed by atoms with Gasteiger partial charge in [0.05, 0.1) is 0 Å². The van der Waals surface area contributed by atoms with Crippen LogP contribution in [0.5, 0.6) is 0 Å². The van der Waals surface area contributed by atoms with Gasteiger partial charge in [-0.25, -0.2) is 0 Å². The first kappa shape index (κ1) is 8.21. The minimum absolute atomic E-state index is 0.339. The molecule has 0 aliphatic carbocycles. The minimum Gasteiger partial charge on any atom is -0.322 e. The summed E-state index contributed by atoms with van der Waals surface area (Å²) in [6.07, 6.45) is 4.20. The zero-order valence-electron chi connectivity index (χ0n) is 6.75. The summed E-state index contributed by atoms with van der Waals surface area (Å²) in [5, 5.41) is 0. The lowest BCUT2D eigenvalue weighted by atomic mass is 9.92. The van der Waals surface area contributed by atoms with Crippen LogP contribution < -0.4 is 5.73 Å². The largest absolute Gasteiger partial charge is 0.322 e. The van der Waals surface area contributed by atoms with Crippen molar-refractivity contribution in [3.63, 3.8) is 0 Å². The van der Waals surface area contributed by atoms with Crippen molar-refractivity contribution >= 4 is 0 Å². The minimum atomic E-state index is -0.339. The second-order valence-electron chi connectivity index (χ2n) is 2.91. The fraction of sp³-hybridized carbons (Fsp3) is 0.333. The van der Waals surface area contributed by atoms with E-state index in [0.29, 0.717) is 6.42 Å². The van der Waals surface area contributed by atoms with Crippen LogP contribution in [-0.4, -0.2) is 4.98 Å². The van der Waals surface area contributed by atoms with E-state index < -0.39 is 0 Å². The molecule has 1 rings (SSSR count). The van der Waals surface area contributed by atoms with Crippen molar-refractivity contribution in [1.29, 1.82) is 0 Å². The molecule has 59 valence electrons. The van der Waals surface area contributed by atoms with Gasteiger partial charge in [-0.3, -0.25) is 4.98 Å². The van der Waals surface area contributed by atoms with Gasteiger partial charge in [0.2, 0.25) is 0 Å². The Morgan fingerprint density at radius 2 is 2.45 bits per heavy atom. The Labute approximate surface area is 67.5 Å². The highest BCUT2D eigenvalue weighted by Crippen LogP contribution is 2.18. The molecule has 2 N–H and O–H groups in total. The summed E-state index contributed by atoms with van der Waals surface area (Å²) in [7, 11) is 0. The fourth-order valence-electron chi connectivity index (χ4n) is 0.845. The van der Waals surface area contributed by atoms with Crippen LogP contribution >= 0.6 is 0 Å². The molecule has 0 aromatic carbocycles. The van der Waals surface area contributed by atoms with Gasteiger partial charge in [-0.15, -0.1) is 0 Å². The maximum atomic E-state index is 5.93. The summed E-state index contributed by atoms with van der Waals surface area (Å²) >= 11 is 0. The molecule has 2 heteroatoms. The molecule has 0 aliphatic heterocycles. The van der Waals surface area contributed by atoms with E-state index in [2.05, 4.69) is 11.9 Å². The number of nitrogens with zero attached hydrogens (tertiary/aromatic N) is 1. The predicted molar refractivity (Wildman–Crippen MR) is 45.8 cm³/mol. The predicted octanol–water partition coefficient (Wildman–Crippen LogP) is 1.48. The number of hydrogen-bond donors (Lipinski definition) is 1. The van der Waals surface area contributed by atoms with E-state index in [1.165, 1.54) is 0 Å². The smallest absolute Gasteiger partial charge is 0.0396 e. The SMILES string of the molecule is [CH2]CC(C)(N)c1cccnc1. The lowest BCUT2D eigenvalue weighted by Gasteiger charge is -2.22. The summed E-state index contributed by atoms with van der Waals surface area (Å²) in [6, 6.07) is 3.86. The van der Waals surface area contributed by atoms with E-state index in [4.69, 9.17) is 5.73 Å². The summed E-state index contributed by atoms with van der Waals surface area (Å²) in [6.45, 7) is 5.74. The van der Waals surface area contributed by atoms with Gasteiger partial charge in [0, 0.05) is 17.9 Å². The van der Waals surface area contributed by atoms with Gasteiger partial charge >= 0.3 is 0 Å². The molecule has 0 spiro atoms. The van der Waals surface area contributed by atoms with E-state index in [1.54, 1.807) is 12.4 Å². The zero-order chi connectivity index (χ0) is 8.32. The Kier molecular flexibility index (Phi) is 2.25. The number of pyridine rings is 1. The van der Waals surface area contributed by atoms with Crippen LogP contribution in [0.4, 0.5) is 0 Å². The van der Waals surface area contributed by atoms with Crippen molar-refractivity contribution in [2.45, 2.75) is 18.9 Å². The summed E-state index contributed by atoms with van der Waals surface area (Å²) in [4.78, 5) is 3.99. The van der Waals surface area contributed by atoms with E-state index in [-0.39, 0.29) is 5.54 Å². The van der Waals surface area contributed by atoms with E-state index >= 15 is 0 Å². The molecule has 1 atom stereocenters. The van der Waals surface area contributed by atoms with Crippen LogP contribution in [-0.2, 0) is 5.54 Å². The van der Waals surface area contributed by atoms with Gasteiger partial charge in [-0.05, 0) is 25.0 Å². The van der Waals surface area contributed by atoms with Gasteiger partial charge in [0.15, 0.2) is 0 Å². The summed E-state index contributed by atoms with van der Waals surface area (Å²) < 4.78 is 0. The Hall–Kier alpha value is -0.890. The van der Waals surface area contributed by atoms with E-state index in [9.17, 15) is 0 Å². The van der Waals surface area contributed by atoms with Crippen LogP contribution in [0.2, 0.25) is 0 Å². The van der Waals surface area contributed by atoms with E-state index in [1.807, 2.05) is 19.1 Å². The standard InChI is InChI=1S/C9H13N2/c1-3-9(2,10)8-5-4-6-11-7-8/h4-7H,1,3,10H2,2H3. The van der Waals surface area contributed by atoms with E-state index in [0.717, 1.165) is 5.56 Å². The number of rotatable bonds is 2. The van der Waals surface area contributed by atoms with Crippen LogP contribution in [0.3, 0.4) is 0 Å². The molecule has 1 aromatic rings. The molecule has 1 radical (unpaired) electrons. The third-order valence-corrected chi connectivity index (χ3v) is 1.84. The first-order valence-electron chi connectivity index (χ1n) is 3.65. The molecular formula is C9H13N2. The second-order valence-corrected chi connectivity index (χ2v) is 2.91.